The minimum Gasteiger partial charge on any atom is -0.457 e. The van der Waals surface area contributed by atoms with Gasteiger partial charge in [-0.3, -0.25) is 0 Å². The molecule has 9 aromatic rings. The van der Waals surface area contributed by atoms with Crippen LogP contribution in [0.3, 0.4) is 0 Å². The maximum absolute atomic E-state index is 5.91. The van der Waals surface area contributed by atoms with Gasteiger partial charge in [0.2, 0.25) is 0 Å². The van der Waals surface area contributed by atoms with E-state index in [1.807, 2.05) is 200 Å². The number of benzene rings is 9. The van der Waals surface area contributed by atoms with Crippen molar-refractivity contribution in [2.24, 2.45) is 0 Å². The molecule has 9 rings (SSSR count). The van der Waals surface area contributed by atoms with E-state index in [0.29, 0.717) is 0 Å². The second-order valence-electron chi connectivity index (χ2n) is 17.8. The molecule has 442 valence electrons. The highest BCUT2D eigenvalue weighted by atomic mass is 16.5. The van der Waals surface area contributed by atoms with Gasteiger partial charge in [0.25, 0.3) is 0 Å². The summed E-state index contributed by atoms with van der Waals surface area (Å²) in [5.41, 5.74) is 14.9. The lowest BCUT2D eigenvalue weighted by atomic mass is 9.78. The van der Waals surface area contributed by atoms with Crippen molar-refractivity contribution in [3.05, 3.63) is 298 Å². The zero-order valence-corrected chi connectivity index (χ0v) is 55.2. The number of hydrogen-bond acceptors (Lipinski definition) is 2. The van der Waals surface area contributed by atoms with Gasteiger partial charge >= 0.3 is 0 Å². The molecule has 0 heterocycles. The molecule has 0 saturated carbocycles. The van der Waals surface area contributed by atoms with Gasteiger partial charge in [0.05, 0.1) is 0 Å². The Balaban J connectivity index is 0. The van der Waals surface area contributed by atoms with E-state index in [0.717, 1.165) is 48.7 Å². The second kappa shape index (κ2) is 49.4. The molecular formula is C80H110O2. The molecule has 0 aliphatic heterocycles. The zero-order valence-electron chi connectivity index (χ0n) is 55.2. The van der Waals surface area contributed by atoms with E-state index in [2.05, 4.69) is 182 Å². The predicted molar refractivity (Wildman–Crippen MR) is 368 cm³/mol. The highest BCUT2D eigenvalue weighted by Gasteiger charge is 2.23. The molecular weight excluding hydrogens is 993 g/mol. The van der Waals surface area contributed by atoms with Crippen molar-refractivity contribution >= 4 is 0 Å². The van der Waals surface area contributed by atoms with E-state index in [4.69, 9.17) is 9.47 Å². The molecule has 0 aliphatic rings. The highest BCUT2D eigenvalue weighted by molar-refractivity contribution is 5.44. The van der Waals surface area contributed by atoms with Crippen LogP contribution in [-0.4, -0.2) is 0 Å². The number of para-hydroxylation sites is 2. The Morgan fingerprint density at radius 2 is 0.500 bits per heavy atom. The van der Waals surface area contributed by atoms with Crippen molar-refractivity contribution in [1.82, 2.24) is 0 Å². The summed E-state index contributed by atoms with van der Waals surface area (Å²) in [5, 5.41) is 0. The van der Waals surface area contributed by atoms with Crippen LogP contribution in [0.4, 0.5) is 0 Å². The first-order valence-corrected chi connectivity index (χ1v) is 31.0. The molecule has 82 heavy (non-hydrogen) atoms. The second-order valence-corrected chi connectivity index (χ2v) is 17.8. The molecule has 2 heteroatoms. The smallest absolute Gasteiger partial charge is 0.127 e. The first kappa shape index (κ1) is 76.6. The van der Waals surface area contributed by atoms with Gasteiger partial charge in [0.15, 0.2) is 0 Å². The Labute approximate surface area is 504 Å². The summed E-state index contributed by atoms with van der Waals surface area (Å²) < 4.78 is 11.8. The molecule has 0 radical (unpaired) electrons. The van der Waals surface area contributed by atoms with Crippen molar-refractivity contribution in [1.29, 1.82) is 0 Å². The van der Waals surface area contributed by atoms with Gasteiger partial charge < -0.3 is 9.47 Å². The number of hydrogen-bond donors (Lipinski definition) is 0. The molecule has 0 bridgehead atoms. The van der Waals surface area contributed by atoms with E-state index in [-0.39, 0.29) is 5.41 Å². The molecule has 0 N–H and O–H groups in total. The first-order chi connectivity index (χ1) is 40.1. The van der Waals surface area contributed by atoms with Gasteiger partial charge in [-0.1, -0.05) is 329 Å². The van der Waals surface area contributed by atoms with Crippen molar-refractivity contribution in [3.63, 3.8) is 0 Å². The summed E-state index contributed by atoms with van der Waals surface area (Å²) >= 11 is 0. The van der Waals surface area contributed by atoms with Crippen LogP contribution in [0.5, 0.6) is 23.0 Å². The highest BCUT2D eigenvalue weighted by Crippen LogP contribution is 2.35. The lowest BCUT2D eigenvalue weighted by Crippen LogP contribution is -2.18. The van der Waals surface area contributed by atoms with Crippen LogP contribution < -0.4 is 9.47 Å². The van der Waals surface area contributed by atoms with E-state index in [9.17, 15) is 0 Å². The largest absolute Gasteiger partial charge is 0.457 e. The van der Waals surface area contributed by atoms with Gasteiger partial charge in [-0.25, -0.2) is 0 Å². The number of aryl methyl sites for hydroxylation is 5. The van der Waals surface area contributed by atoms with Gasteiger partial charge in [-0.05, 0) is 139 Å². The molecule has 9 aromatic carbocycles. The summed E-state index contributed by atoms with van der Waals surface area (Å²) in [5.74, 6) is 3.35. The third-order valence-corrected chi connectivity index (χ3v) is 11.8. The normalized spacial score (nSPS) is 9.23. The Morgan fingerprint density at radius 3 is 0.768 bits per heavy atom. The summed E-state index contributed by atoms with van der Waals surface area (Å²) in [6, 6.07) is 81.5. The summed E-state index contributed by atoms with van der Waals surface area (Å²) in [6.45, 7) is 43.4. The third kappa shape index (κ3) is 31.5. The lowest BCUT2D eigenvalue weighted by Gasteiger charge is -2.26. The molecule has 0 atom stereocenters. The summed E-state index contributed by atoms with van der Waals surface area (Å²) in [7, 11) is 0. The first-order valence-electron chi connectivity index (χ1n) is 31.0. The van der Waals surface area contributed by atoms with Crippen LogP contribution in [0.1, 0.15) is 186 Å². The maximum Gasteiger partial charge on any atom is 0.127 e. The Hall–Kier alpha value is -7.42. The zero-order chi connectivity index (χ0) is 62.0. The van der Waals surface area contributed by atoms with Crippen molar-refractivity contribution in [2.75, 3.05) is 0 Å². The molecule has 0 spiro atoms. The topological polar surface area (TPSA) is 18.5 Å². The standard InChI is InChI=1S/C27H24O2.C19H24.C13H12.C7H8.7C2H6/c1-27(2,21-13-17-25(18-14-21)28-23-9-5-3-6-10-23)22-15-19-26(20-16-22)29-24-11-7-4-8-12-24;1-5-16-7-14(3)9-18(11-16)13-19-10-15(4)8-17(6-2)12-19;1-3-7-12(8-4-1)11-13-9-5-2-6-10-13;1-7-5-3-2-4-6-7;7*1-2/h3-20H,1-2H3;7-12H,5-6,13H2,1-4H3;1-10H,11H2;2-6H,1H3;7*1-2H3. The van der Waals surface area contributed by atoms with E-state index in [1.54, 1.807) is 0 Å². The summed E-state index contributed by atoms with van der Waals surface area (Å²) in [4.78, 5) is 0. The maximum atomic E-state index is 5.91. The Morgan fingerprint density at radius 1 is 0.256 bits per heavy atom. The Bertz CT molecular complexity index is 2620. The van der Waals surface area contributed by atoms with Crippen LogP contribution in [0, 0.1) is 20.8 Å². The molecule has 0 aromatic heterocycles. The van der Waals surface area contributed by atoms with Crippen molar-refractivity contribution < 1.29 is 9.47 Å². The van der Waals surface area contributed by atoms with Crippen molar-refractivity contribution in [2.45, 2.75) is 176 Å². The average Bonchev–Trinajstić information content (AvgIpc) is 3.59. The summed E-state index contributed by atoms with van der Waals surface area (Å²) in [6.07, 6.45) is 4.30. The fourth-order valence-electron chi connectivity index (χ4n) is 8.00. The van der Waals surface area contributed by atoms with Gasteiger partial charge in [0, 0.05) is 5.41 Å². The van der Waals surface area contributed by atoms with Crippen LogP contribution >= 0.6 is 0 Å². The van der Waals surface area contributed by atoms with Crippen LogP contribution in [0.2, 0.25) is 0 Å². The number of rotatable bonds is 12. The van der Waals surface area contributed by atoms with Crippen molar-refractivity contribution in [3.8, 4) is 23.0 Å². The van der Waals surface area contributed by atoms with E-state index < -0.39 is 0 Å². The van der Waals surface area contributed by atoms with E-state index >= 15 is 0 Å². The average molecular weight is 1100 g/mol. The van der Waals surface area contributed by atoms with Gasteiger partial charge in [-0.2, -0.15) is 0 Å². The molecule has 0 aliphatic carbocycles. The van der Waals surface area contributed by atoms with Crippen LogP contribution in [-0.2, 0) is 31.1 Å². The van der Waals surface area contributed by atoms with E-state index in [1.165, 1.54) is 61.2 Å². The predicted octanol–water partition coefficient (Wildman–Crippen LogP) is 25.1. The SMILES string of the molecule is CC.CC.CC.CC.CC.CC.CC.CC(C)(c1ccc(Oc2ccccc2)cc1)c1ccc(Oc2ccccc2)cc1.CCc1cc(C)cc(Cc2cc(C)cc(CC)c2)c1.Cc1ccccc1.c1ccc(Cc2ccccc2)cc1. The molecule has 2 nitrogen and oxygen atoms in total. The lowest BCUT2D eigenvalue weighted by molar-refractivity contribution is 0.481. The minimum absolute atomic E-state index is 0.128. The molecule has 0 amide bonds. The monoisotopic (exact) mass is 1100 g/mol. The van der Waals surface area contributed by atoms with Gasteiger partial charge in [0.1, 0.15) is 23.0 Å². The molecule has 0 saturated heterocycles. The van der Waals surface area contributed by atoms with Gasteiger partial charge in [-0.15, -0.1) is 0 Å². The molecule has 0 unspecified atom stereocenters. The Kier molecular flexibility index (Phi) is 46.2. The fraction of sp³-hybridized carbons (Fsp3) is 0.325. The van der Waals surface area contributed by atoms with Crippen LogP contribution in [0.25, 0.3) is 0 Å². The van der Waals surface area contributed by atoms with Crippen LogP contribution in [0.15, 0.2) is 237 Å². The molecule has 0 fully saturated rings. The fourth-order valence-corrected chi connectivity index (χ4v) is 8.00. The minimum atomic E-state index is -0.128. The number of ether oxygens (including phenoxy) is 2. The third-order valence-electron chi connectivity index (χ3n) is 11.8. The quantitative estimate of drug-likeness (QED) is 0.121.